The molecule has 4 amide bonds. The Hall–Kier alpha value is -3.14. The maximum Gasteiger partial charge on any atom is 0.344 e. The second kappa shape index (κ2) is 8.26. The Morgan fingerprint density at radius 1 is 1.21 bits per heavy atom. The lowest BCUT2D eigenvalue weighted by molar-refractivity contribution is -0.138. The normalized spacial score (nSPS) is 18.8. The predicted molar refractivity (Wildman–Crippen MR) is 102 cm³/mol. The van der Waals surface area contributed by atoms with Crippen LogP contribution in [0.15, 0.2) is 52.5 Å². The standard InChI is InChI=1S/C18H19N5O4S/c1-18(9-7-12-5-3-2-4-6-12)15(26)23(17(27)21-18)22-14(25)11-28-16-19-10-8-13(24)20-16/h2-6,8,10H,7,9,11H2,1H3,(H,21,27)(H,22,25)(H,19,20,24)/t18-/m1/s1. The van der Waals surface area contributed by atoms with Gasteiger partial charge in [0.1, 0.15) is 5.54 Å². The number of hydrazine groups is 1. The van der Waals surface area contributed by atoms with Crippen LogP contribution in [0, 0.1) is 0 Å². The van der Waals surface area contributed by atoms with Gasteiger partial charge in [0.2, 0.25) is 5.91 Å². The van der Waals surface area contributed by atoms with Crippen LogP contribution in [0.5, 0.6) is 0 Å². The van der Waals surface area contributed by atoms with Crippen LogP contribution in [0.3, 0.4) is 0 Å². The maximum atomic E-state index is 12.7. The number of hydrogen-bond donors (Lipinski definition) is 3. The van der Waals surface area contributed by atoms with Crippen LogP contribution in [0.25, 0.3) is 0 Å². The van der Waals surface area contributed by atoms with E-state index in [1.165, 1.54) is 12.3 Å². The molecule has 3 rings (SSSR count). The molecule has 1 aromatic heterocycles. The lowest BCUT2D eigenvalue weighted by Gasteiger charge is -2.21. The third-order valence-corrected chi connectivity index (χ3v) is 5.13. The Labute approximate surface area is 164 Å². The summed E-state index contributed by atoms with van der Waals surface area (Å²) in [7, 11) is 0. The van der Waals surface area contributed by atoms with Gasteiger partial charge in [-0.05, 0) is 25.3 Å². The summed E-state index contributed by atoms with van der Waals surface area (Å²) in [5.74, 6) is -1.20. The van der Waals surface area contributed by atoms with Gasteiger partial charge < -0.3 is 10.3 Å². The van der Waals surface area contributed by atoms with E-state index in [4.69, 9.17) is 0 Å². The number of urea groups is 1. The summed E-state index contributed by atoms with van der Waals surface area (Å²) >= 11 is 0.988. The summed E-state index contributed by atoms with van der Waals surface area (Å²) in [4.78, 5) is 54.6. The maximum absolute atomic E-state index is 12.7. The van der Waals surface area contributed by atoms with E-state index in [-0.39, 0.29) is 16.5 Å². The number of rotatable bonds is 7. The fourth-order valence-corrected chi connectivity index (χ4v) is 3.35. The van der Waals surface area contributed by atoms with Crippen molar-refractivity contribution in [2.45, 2.75) is 30.5 Å². The highest BCUT2D eigenvalue weighted by Crippen LogP contribution is 2.22. The van der Waals surface area contributed by atoms with Gasteiger partial charge in [0, 0.05) is 12.3 Å². The number of carbonyl (C=O) groups is 3. The summed E-state index contributed by atoms with van der Waals surface area (Å²) in [5, 5.41) is 3.62. The van der Waals surface area contributed by atoms with Crippen molar-refractivity contribution >= 4 is 29.6 Å². The molecule has 1 aromatic carbocycles. The zero-order valence-corrected chi connectivity index (χ0v) is 15.9. The van der Waals surface area contributed by atoms with Crippen LogP contribution in [0.1, 0.15) is 18.9 Å². The number of aryl methyl sites for hydroxylation is 1. The van der Waals surface area contributed by atoms with E-state index in [1.54, 1.807) is 6.92 Å². The number of carbonyl (C=O) groups excluding carboxylic acids is 3. The molecule has 0 saturated carbocycles. The summed E-state index contributed by atoms with van der Waals surface area (Å²) in [6.07, 6.45) is 2.33. The van der Waals surface area contributed by atoms with E-state index in [1.807, 2.05) is 30.3 Å². The van der Waals surface area contributed by atoms with Gasteiger partial charge in [-0.15, -0.1) is 0 Å². The van der Waals surface area contributed by atoms with Gasteiger partial charge in [-0.3, -0.25) is 19.8 Å². The average molecular weight is 401 g/mol. The Morgan fingerprint density at radius 3 is 2.68 bits per heavy atom. The number of H-pyrrole nitrogens is 1. The first kappa shape index (κ1) is 19.6. The van der Waals surface area contributed by atoms with E-state index >= 15 is 0 Å². The molecule has 1 saturated heterocycles. The predicted octanol–water partition coefficient (Wildman–Crippen LogP) is 0.837. The summed E-state index contributed by atoms with van der Waals surface area (Å²) in [5.41, 5.74) is 1.93. The van der Waals surface area contributed by atoms with Crippen molar-refractivity contribution in [1.82, 2.24) is 25.7 Å². The van der Waals surface area contributed by atoms with Gasteiger partial charge in [0.15, 0.2) is 5.16 Å². The van der Waals surface area contributed by atoms with E-state index in [2.05, 4.69) is 20.7 Å². The first-order chi connectivity index (χ1) is 13.4. The molecule has 1 aliphatic heterocycles. The Morgan fingerprint density at radius 2 is 1.96 bits per heavy atom. The number of nitrogens with one attached hydrogen (secondary N) is 3. The highest BCUT2D eigenvalue weighted by molar-refractivity contribution is 7.99. The van der Waals surface area contributed by atoms with Crippen LogP contribution < -0.4 is 16.3 Å². The molecule has 0 radical (unpaired) electrons. The van der Waals surface area contributed by atoms with Crippen molar-refractivity contribution in [2.24, 2.45) is 0 Å². The van der Waals surface area contributed by atoms with Gasteiger partial charge >= 0.3 is 6.03 Å². The average Bonchev–Trinajstić information content (AvgIpc) is 2.89. The van der Waals surface area contributed by atoms with E-state index in [0.717, 1.165) is 17.3 Å². The summed E-state index contributed by atoms with van der Waals surface area (Å²) < 4.78 is 0. The topological polar surface area (TPSA) is 124 Å². The quantitative estimate of drug-likeness (QED) is 0.359. The van der Waals surface area contributed by atoms with Crippen LogP contribution in [0.2, 0.25) is 0 Å². The lowest BCUT2D eigenvalue weighted by Crippen LogP contribution is -2.49. The number of hydrogen-bond acceptors (Lipinski definition) is 6. The summed E-state index contributed by atoms with van der Waals surface area (Å²) in [6.45, 7) is 1.63. The molecule has 3 N–H and O–H groups in total. The van der Waals surface area contributed by atoms with Crippen molar-refractivity contribution in [3.05, 3.63) is 58.5 Å². The molecule has 2 heterocycles. The van der Waals surface area contributed by atoms with Crippen LogP contribution in [0.4, 0.5) is 4.79 Å². The fourth-order valence-electron chi connectivity index (χ4n) is 2.71. The zero-order chi connectivity index (χ0) is 20.1. The molecule has 0 spiro atoms. The molecule has 2 aromatic rings. The van der Waals surface area contributed by atoms with Gasteiger partial charge in [0.25, 0.3) is 11.5 Å². The van der Waals surface area contributed by atoms with E-state index in [0.29, 0.717) is 17.9 Å². The van der Waals surface area contributed by atoms with E-state index < -0.39 is 23.4 Å². The molecule has 0 unspecified atom stereocenters. The lowest BCUT2D eigenvalue weighted by atomic mass is 9.93. The minimum Gasteiger partial charge on any atom is -0.322 e. The highest BCUT2D eigenvalue weighted by Gasteiger charge is 2.48. The van der Waals surface area contributed by atoms with E-state index in [9.17, 15) is 19.2 Å². The zero-order valence-electron chi connectivity index (χ0n) is 15.1. The van der Waals surface area contributed by atoms with Gasteiger partial charge in [-0.1, -0.05) is 42.1 Å². The van der Waals surface area contributed by atoms with Crippen LogP contribution >= 0.6 is 11.8 Å². The first-order valence-electron chi connectivity index (χ1n) is 8.56. The van der Waals surface area contributed by atoms with Crippen molar-refractivity contribution in [3.8, 4) is 0 Å². The molecule has 1 fully saturated rings. The third kappa shape index (κ3) is 4.58. The number of aromatic amines is 1. The number of thioether (sulfide) groups is 1. The smallest absolute Gasteiger partial charge is 0.322 e. The number of amides is 4. The number of aromatic nitrogens is 2. The van der Waals surface area contributed by atoms with Crippen LogP contribution in [-0.4, -0.2) is 44.1 Å². The largest absolute Gasteiger partial charge is 0.344 e. The van der Waals surface area contributed by atoms with Crippen molar-refractivity contribution in [3.63, 3.8) is 0 Å². The Balaban J connectivity index is 1.56. The summed E-state index contributed by atoms with van der Waals surface area (Å²) in [6, 6.07) is 10.2. The van der Waals surface area contributed by atoms with Crippen molar-refractivity contribution < 1.29 is 14.4 Å². The van der Waals surface area contributed by atoms with Gasteiger partial charge in [-0.25, -0.2) is 9.78 Å². The minimum atomic E-state index is -1.10. The molecule has 10 heteroatoms. The Bertz CT molecular complexity index is 948. The molecule has 1 aliphatic rings. The van der Waals surface area contributed by atoms with Gasteiger partial charge in [-0.2, -0.15) is 5.01 Å². The van der Waals surface area contributed by atoms with Gasteiger partial charge in [0.05, 0.1) is 5.75 Å². The molecular formula is C18H19N5O4S. The Kier molecular flexibility index (Phi) is 5.78. The molecule has 0 aliphatic carbocycles. The molecule has 9 nitrogen and oxygen atoms in total. The molecule has 0 bridgehead atoms. The molecule has 1 atom stereocenters. The first-order valence-corrected chi connectivity index (χ1v) is 9.54. The number of nitrogens with zero attached hydrogens (tertiary/aromatic N) is 2. The highest BCUT2D eigenvalue weighted by atomic mass is 32.2. The number of imide groups is 1. The van der Waals surface area contributed by atoms with Crippen molar-refractivity contribution in [2.75, 3.05) is 5.75 Å². The van der Waals surface area contributed by atoms with Crippen molar-refractivity contribution in [1.29, 1.82) is 0 Å². The fraction of sp³-hybridized carbons (Fsp3) is 0.278. The second-order valence-corrected chi connectivity index (χ2v) is 7.42. The number of benzene rings is 1. The second-order valence-electron chi connectivity index (χ2n) is 6.45. The SMILES string of the molecule is C[C@]1(CCc2ccccc2)NC(=O)N(NC(=O)CSc2nccc(=O)[nH]2)C1=O. The molecular weight excluding hydrogens is 382 g/mol. The van der Waals surface area contributed by atoms with Crippen LogP contribution in [-0.2, 0) is 16.0 Å². The molecule has 28 heavy (non-hydrogen) atoms. The molecule has 146 valence electrons. The third-order valence-electron chi connectivity index (χ3n) is 4.24. The monoisotopic (exact) mass is 401 g/mol. The minimum absolute atomic E-state index is 0.120.